The molecule has 1 N–H and O–H groups in total. The van der Waals surface area contributed by atoms with E-state index in [1.54, 1.807) is 24.3 Å². The van der Waals surface area contributed by atoms with Crippen LogP contribution in [0.1, 0.15) is 12.5 Å². The van der Waals surface area contributed by atoms with Gasteiger partial charge in [0.15, 0.2) is 0 Å². The lowest BCUT2D eigenvalue weighted by molar-refractivity contribution is 0.340. The van der Waals surface area contributed by atoms with E-state index in [0.29, 0.717) is 23.7 Å². The Kier molecular flexibility index (Phi) is 5.59. The fraction of sp³-hybridized carbons (Fsp3) is 0.188. The maximum absolute atomic E-state index is 12.1. The maximum Gasteiger partial charge on any atom is 0.276 e. The first-order valence-corrected chi connectivity index (χ1v) is 8.46. The van der Waals surface area contributed by atoms with Gasteiger partial charge in [-0.2, -0.15) is 13.5 Å². The molecule has 0 saturated carbocycles. The summed E-state index contributed by atoms with van der Waals surface area (Å²) in [6.45, 7) is 2.38. The van der Waals surface area contributed by atoms with E-state index in [2.05, 4.69) is 9.93 Å². The largest absolute Gasteiger partial charge is 0.496 e. The van der Waals surface area contributed by atoms with Crippen molar-refractivity contribution in [3.63, 3.8) is 0 Å². The summed E-state index contributed by atoms with van der Waals surface area (Å²) in [6.07, 6.45) is 1.39. The van der Waals surface area contributed by atoms with E-state index in [9.17, 15) is 8.42 Å². The number of methoxy groups -OCH3 is 1. The molecular formula is C16H18N2O4S. The lowest BCUT2D eigenvalue weighted by Crippen LogP contribution is -2.18. The number of hydrogen-bond acceptors (Lipinski definition) is 5. The van der Waals surface area contributed by atoms with Gasteiger partial charge >= 0.3 is 0 Å². The SMILES string of the molecule is CCOc1ccc(S(=O)(=O)N/N=C/c2ccccc2OC)cc1. The number of rotatable bonds is 7. The highest BCUT2D eigenvalue weighted by atomic mass is 32.2. The third kappa shape index (κ3) is 4.46. The fourth-order valence-corrected chi connectivity index (χ4v) is 2.66. The first-order valence-electron chi connectivity index (χ1n) is 6.97. The van der Waals surface area contributed by atoms with Gasteiger partial charge in [-0.1, -0.05) is 12.1 Å². The highest BCUT2D eigenvalue weighted by molar-refractivity contribution is 7.89. The molecule has 0 aromatic heterocycles. The van der Waals surface area contributed by atoms with Crippen LogP contribution in [0, 0.1) is 0 Å². The van der Waals surface area contributed by atoms with Crippen LogP contribution >= 0.6 is 0 Å². The fourth-order valence-electron chi connectivity index (χ4n) is 1.87. The van der Waals surface area contributed by atoms with Crippen molar-refractivity contribution in [2.75, 3.05) is 13.7 Å². The number of benzene rings is 2. The van der Waals surface area contributed by atoms with Crippen molar-refractivity contribution in [1.29, 1.82) is 0 Å². The van der Waals surface area contributed by atoms with Crippen molar-refractivity contribution in [2.45, 2.75) is 11.8 Å². The van der Waals surface area contributed by atoms with Gasteiger partial charge in [-0.25, -0.2) is 4.83 Å². The van der Waals surface area contributed by atoms with Crippen molar-refractivity contribution < 1.29 is 17.9 Å². The molecule has 6 nitrogen and oxygen atoms in total. The topological polar surface area (TPSA) is 77.0 Å². The van der Waals surface area contributed by atoms with E-state index in [1.165, 1.54) is 25.5 Å². The zero-order valence-electron chi connectivity index (χ0n) is 12.9. The molecule has 0 aliphatic carbocycles. The van der Waals surface area contributed by atoms with Crippen LogP contribution in [0.4, 0.5) is 0 Å². The Morgan fingerprint density at radius 2 is 1.83 bits per heavy atom. The highest BCUT2D eigenvalue weighted by Crippen LogP contribution is 2.16. The van der Waals surface area contributed by atoms with E-state index in [4.69, 9.17) is 9.47 Å². The van der Waals surface area contributed by atoms with Gasteiger partial charge in [-0.15, -0.1) is 0 Å². The number of nitrogens with one attached hydrogen (secondary N) is 1. The van der Waals surface area contributed by atoms with Gasteiger partial charge < -0.3 is 9.47 Å². The molecule has 2 aromatic carbocycles. The summed E-state index contributed by atoms with van der Waals surface area (Å²) in [4.78, 5) is 2.28. The molecule has 2 aromatic rings. The predicted octanol–water partition coefficient (Wildman–Crippen LogP) is 2.41. The number of ether oxygens (including phenoxy) is 2. The van der Waals surface area contributed by atoms with E-state index in [0.717, 1.165) is 0 Å². The highest BCUT2D eigenvalue weighted by Gasteiger charge is 2.12. The maximum atomic E-state index is 12.1. The number of hydrazone groups is 1. The molecule has 0 heterocycles. The molecular weight excluding hydrogens is 316 g/mol. The van der Waals surface area contributed by atoms with Crippen LogP contribution in [0.3, 0.4) is 0 Å². The quantitative estimate of drug-likeness (QED) is 0.623. The van der Waals surface area contributed by atoms with Gasteiger partial charge in [0.1, 0.15) is 11.5 Å². The van der Waals surface area contributed by atoms with Gasteiger partial charge in [0.05, 0.1) is 24.8 Å². The molecule has 0 amide bonds. The van der Waals surface area contributed by atoms with Crippen LogP contribution in [0.5, 0.6) is 11.5 Å². The van der Waals surface area contributed by atoms with Crippen LogP contribution in [-0.2, 0) is 10.0 Å². The van der Waals surface area contributed by atoms with E-state index >= 15 is 0 Å². The lowest BCUT2D eigenvalue weighted by atomic mass is 10.2. The first kappa shape index (κ1) is 16.8. The second-order valence-electron chi connectivity index (χ2n) is 4.50. The lowest BCUT2D eigenvalue weighted by Gasteiger charge is -2.06. The van der Waals surface area contributed by atoms with E-state index in [-0.39, 0.29) is 4.90 Å². The molecule has 122 valence electrons. The van der Waals surface area contributed by atoms with Crippen LogP contribution < -0.4 is 14.3 Å². The second-order valence-corrected chi connectivity index (χ2v) is 6.16. The van der Waals surface area contributed by atoms with Crippen LogP contribution in [0.15, 0.2) is 58.5 Å². The molecule has 0 bridgehead atoms. The average molecular weight is 334 g/mol. The average Bonchev–Trinajstić information content (AvgIpc) is 2.56. The molecule has 23 heavy (non-hydrogen) atoms. The van der Waals surface area contributed by atoms with Gasteiger partial charge in [0.25, 0.3) is 10.0 Å². The summed E-state index contributed by atoms with van der Waals surface area (Å²) in [5.41, 5.74) is 0.671. The van der Waals surface area contributed by atoms with Gasteiger partial charge in [-0.05, 0) is 43.3 Å². The zero-order chi connectivity index (χ0) is 16.7. The zero-order valence-corrected chi connectivity index (χ0v) is 13.7. The molecule has 0 saturated heterocycles. The number of nitrogens with zero attached hydrogens (tertiary/aromatic N) is 1. The minimum Gasteiger partial charge on any atom is -0.496 e. The summed E-state index contributed by atoms with van der Waals surface area (Å²) in [5.74, 6) is 1.22. The van der Waals surface area contributed by atoms with Gasteiger partial charge in [-0.3, -0.25) is 0 Å². The monoisotopic (exact) mass is 334 g/mol. The van der Waals surface area contributed by atoms with Crippen LogP contribution in [-0.4, -0.2) is 28.3 Å². The predicted molar refractivity (Wildman–Crippen MR) is 88.5 cm³/mol. The Labute approximate surface area is 135 Å². The number of para-hydroxylation sites is 1. The van der Waals surface area contributed by atoms with E-state index < -0.39 is 10.0 Å². The van der Waals surface area contributed by atoms with Crippen molar-refractivity contribution >= 4 is 16.2 Å². The normalized spacial score (nSPS) is 11.4. The van der Waals surface area contributed by atoms with Crippen molar-refractivity contribution in [3.05, 3.63) is 54.1 Å². The molecule has 0 aliphatic rings. The Hall–Kier alpha value is -2.54. The Balaban J connectivity index is 2.10. The van der Waals surface area contributed by atoms with Crippen molar-refractivity contribution in [2.24, 2.45) is 5.10 Å². The van der Waals surface area contributed by atoms with Crippen molar-refractivity contribution in [1.82, 2.24) is 4.83 Å². The molecule has 0 radical (unpaired) electrons. The smallest absolute Gasteiger partial charge is 0.276 e. The van der Waals surface area contributed by atoms with Gasteiger partial charge in [0, 0.05) is 5.56 Å². The summed E-state index contributed by atoms with van der Waals surface area (Å²) in [7, 11) is -2.19. The first-order chi connectivity index (χ1) is 11.1. The second kappa shape index (κ2) is 7.64. The molecule has 2 rings (SSSR count). The molecule has 0 unspecified atom stereocenters. The van der Waals surface area contributed by atoms with Crippen LogP contribution in [0.25, 0.3) is 0 Å². The third-order valence-electron chi connectivity index (χ3n) is 2.96. The van der Waals surface area contributed by atoms with E-state index in [1.807, 2.05) is 19.1 Å². The van der Waals surface area contributed by atoms with Crippen molar-refractivity contribution in [3.8, 4) is 11.5 Å². The molecule has 0 fully saturated rings. The minimum atomic E-state index is -3.73. The summed E-state index contributed by atoms with van der Waals surface area (Å²) >= 11 is 0. The third-order valence-corrected chi connectivity index (χ3v) is 4.20. The number of hydrogen-bond donors (Lipinski definition) is 1. The summed E-state index contributed by atoms with van der Waals surface area (Å²) in [6, 6.07) is 13.3. The summed E-state index contributed by atoms with van der Waals surface area (Å²) in [5, 5.41) is 3.78. The Bertz CT molecular complexity index is 771. The molecule has 0 aliphatic heterocycles. The summed E-state index contributed by atoms with van der Waals surface area (Å²) < 4.78 is 34.7. The van der Waals surface area contributed by atoms with Gasteiger partial charge in [0.2, 0.25) is 0 Å². The molecule has 7 heteroatoms. The Morgan fingerprint density at radius 3 is 2.48 bits per heavy atom. The molecule has 0 atom stereocenters. The molecule has 0 spiro atoms. The number of sulfonamides is 1. The minimum absolute atomic E-state index is 0.109. The standard InChI is InChI=1S/C16H18N2O4S/c1-3-22-14-8-10-15(11-9-14)23(19,20)18-17-12-13-6-4-5-7-16(13)21-2/h4-12,18H,3H2,1-2H3/b17-12+. The van der Waals surface area contributed by atoms with Crippen LogP contribution in [0.2, 0.25) is 0 Å². The Morgan fingerprint density at radius 1 is 1.13 bits per heavy atom.